The third-order valence-corrected chi connectivity index (χ3v) is 5.90. The average Bonchev–Trinajstić information content (AvgIpc) is 3.16. The van der Waals surface area contributed by atoms with Gasteiger partial charge in [-0.3, -0.25) is 9.36 Å². The van der Waals surface area contributed by atoms with E-state index in [4.69, 9.17) is 0 Å². The minimum atomic E-state index is -0.608. The van der Waals surface area contributed by atoms with Gasteiger partial charge in [0.25, 0.3) is 5.56 Å². The molecular formula is C23H21FN2O2S. The topological polar surface area (TPSA) is 44.0 Å². The summed E-state index contributed by atoms with van der Waals surface area (Å²) < 4.78 is 17.3. The van der Waals surface area contributed by atoms with E-state index in [0.29, 0.717) is 16.8 Å². The van der Waals surface area contributed by atoms with Crippen molar-refractivity contribution in [2.75, 3.05) is 0 Å². The van der Waals surface area contributed by atoms with Crippen molar-refractivity contribution in [1.29, 1.82) is 0 Å². The van der Waals surface area contributed by atoms with E-state index in [2.05, 4.69) is 32.9 Å². The maximum absolute atomic E-state index is 14.4. The van der Waals surface area contributed by atoms with Crippen LogP contribution < -0.4 is 11.2 Å². The molecule has 0 aliphatic rings. The number of fused-ring (bicyclic) bond motifs is 1. The van der Waals surface area contributed by atoms with Gasteiger partial charge in [-0.1, -0.05) is 57.2 Å². The van der Waals surface area contributed by atoms with Gasteiger partial charge in [0, 0.05) is 0 Å². The van der Waals surface area contributed by atoms with E-state index in [-0.39, 0.29) is 11.1 Å². The molecule has 4 rings (SSSR count). The van der Waals surface area contributed by atoms with Crippen LogP contribution in [0.3, 0.4) is 0 Å². The van der Waals surface area contributed by atoms with E-state index in [1.54, 1.807) is 17.5 Å². The van der Waals surface area contributed by atoms with Crippen molar-refractivity contribution in [1.82, 2.24) is 9.13 Å². The van der Waals surface area contributed by atoms with Crippen LogP contribution in [-0.4, -0.2) is 9.13 Å². The normalized spacial score (nSPS) is 11.9. The Morgan fingerprint density at radius 2 is 1.66 bits per heavy atom. The predicted octanol–water partition coefficient (Wildman–Crippen LogP) is 4.70. The van der Waals surface area contributed by atoms with Gasteiger partial charge in [-0.2, -0.15) is 0 Å². The van der Waals surface area contributed by atoms with Gasteiger partial charge >= 0.3 is 5.69 Å². The summed E-state index contributed by atoms with van der Waals surface area (Å²) in [6.45, 7) is 6.73. The van der Waals surface area contributed by atoms with Gasteiger partial charge in [-0.25, -0.2) is 13.8 Å². The van der Waals surface area contributed by atoms with Gasteiger partial charge in [0.15, 0.2) is 0 Å². The summed E-state index contributed by atoms with van der Waals surface area (Å²) >= 11 is 1.25. The fourth-order valence-corrected chi connectivity index (χ4v) is 4.20. The smallest absolute Gasteiger partial charge is 0.288 e. The fourth-order valence-electron chi connectivity index (χ4n) is 3.38. The summed E-state index contributed by atoms with van der Waals surface area (Å²) in [5.41, 5.74) is 1.66. The lowest BCUT2D eigenvalue weighted by Crippen LogP contribution is -2.39. The molecule has 0 saturated heterocycles. The first-order chi connectivity index (χ1) is 13.8. The molecule has 0 spiro atoms. The highest BCUT2D eigenvalue weighted by atomic mass is 32.1. The largest absolute Gasteiger partial charge is 0.336 e. The molecule has 6 heteroatoms. The second kappa shape index (κ2) is 7.12. The van der Waals surface area contributed by atoms with Crippen molar-refractivity contribution in [3.63, 3.8) is 0 Å². The summed E-state index contributed by atoms with van der Waals surface area (Å²) in [5, 5.41) is 1.77. The lowest BCUT2D eigenvalue weighted by Gasteiger charge is -2.19. The Hall–Kier alpha value is -2.99. The molecule has 0 bridgehead atoms. The predicted molar refractivity (Wildman–Crippen MR) is 116 cm³/mol. The zero-order valence-corrected chi connectivity index (χ0v) is 17.3. The number of hydrogen-bond donors (Lipinski definition) is 0. The van der Waals surface area contributed by atoms with Crippen molar-refractivity contribution in [3.8, 4) is 5.69 Å². The van der Waals surface area contributed by atoms with Crippen LogP contribution in [0.5, 0.6) is 0 Å². The number of benzene rings is 2. The minimum absolute atomic E-state index is 0.0327. The molecule has 4 nitrogen and oxygen atoms in total. The molecule has 2 aromatic carbocycles. The highest BCUT2D eigenvalue weighted by molar-refractivity contribution is 7.17. The van der Waals surface area contributed by atoms with Gasteiger partial charge in [-0.15, -0.1) is 11.3 Å². The van der Waals surface area contributed by atoms with Crippen molar-refractivity contribution in [2.24, 2.45) is 0 Å². The molecule has 2 heterocycles. The Morgan fingerprint density at radius 3 is 2.31 bits per heavy atom. The molecule has 0 N–H and O–H groups in total. The third-order valence-electron chi connectivity index (χ3n) is 5.01. The van der Waals surface area contributed by atoms with E-state index in [1.807, 2.05) is 12.1 Å². The Balaban J connectivity index is 1.89. The maximum Gasteiger partial charge on any atom is 0.336 e. The lowest BCUT2D eigenvalue weighted by molar-refractivity contribution is 0.589. The summed E-state index contributed by atoms with van der Waals surface area (Å²) in [4.78, 5) is 26.2. The van der Waals surface area contributed by atoms with Crippen molar-refractivity contribution in [2.45, 2.75) is 32.7 Å². The fraction of sp³-hybridized carbons (Fsp3) is 0.217. The molecule has 148 valence electrons. The van der Waals surface area contributed by atoms with Gasteiger partial charge < -0.3 is 0 Å². The Labute approximate surface area is 171 Å². The monoisotopic (exact) mass is 408 g/mol. The van der Waals surface area contributed by atoms with E-state index in [1.165, 1.54) is 39.7 Å². The first-order valence-corrected chi connectivity index (χ1v) is 10.2. The molecule has 0 amide bonds. The number of thiophene rings is 1. The molecule has 0 fully saturated rings. The van der Waals surface area contributed by atoms with Crippen LogP contribution in [0.2, 0.25) is 0 Å². The molecule has 29 heavy (non-hydrogen) atoms. The molecule has 0 unspecified atom stereocenters. The van der Waals surface area contributed by atoms with Crippen LogP contribution in [0.25, 0.3) is 15.9 Å². The molecule has 2 aromatic heterocycles. The zero-order valence-electron chi connectivity index (χ0n) is 16.5. The second-order valence-electron chi connectivity index (χ2n) is 8.04. The Kier molecular flexibility index (Phi) is 4.74. The van der Waals surface area contributed by atoms with Crippen molar-refractivity contribution < 1.29 is 4.39 Å². The van der Waals surface area contributed by atoms with Gasteiger partial charge in [0.1, 0.15) is 10.5 Å². The van der Waals surface area contributed by atoms with E-state index in [9.17, 15) is 14.0 Å². The standard InChI is InChI=1S/C23H21FN2O2S/c1-23(2,3)16-10-8-15(9-11-16)14-25-19-12-13-29-20(19)21(27)26(22(25)28)18-7-5-4-6-17(18)24/h4-13H,14H2,1-3H3. The van der Waals surface area contributed by atoms with Crippen molar-refractivity contribution in [3.05, 3.63) is 97.8 Å². The SMILES string of the molecule is CC(C)(C)c1ccc(Cn2c(=O)n(-c3ccccc3F)c(=O)c3sccc32)cc1. The quantitative estimate of drug-likeness (QED) is 0.493. The number of hydrogen-bond acceptors (Lipinski definition) is 3. The molecular weight excluding hydrogens is 387 g/mol. The van der Waals surface area contributed by atoms with Crippen LogP contribution in [0.1, 0.15) is 31.9 Å². The van der Waals surface area contributed by atoms with Crippen molar-refractivity contribution >= 4 is 21.6 Å². The third kappa shape index (κ3) is 3.44. The number of aromatic nitrogens is 2. The molecule has 0 aliphatic heterocycles. The number of para-hydroxylation sites is 1. The Morgan fingerprint density at radius 1 is 0.966 bits per heavy atom. The summed E-state index contributed by atoms with van der Waals surface area (Å²) in [7, 11) is 0. The zero-order chi connectivity index (χ0) is 20.8. The molecule has 4 aromatic rings. The molecule has 0 radical (unpaired) electrons. The highest BCUT2D eigenvalue weighted by Crippen LogP contribution is 2.23. The Bertz CT molecular complexity index is 1310. The number of nitrogens with zero attached hydrogens (tertiary/aromatic N) is 2. The van der Waals surface area contributed by atoms with Gasteiger partial charge in [0.05, 0.1) is 17.7 Å². The first-order valence-electron chi connectivity index (χ1n) is 9.35. The molecule has 0 atom stereocenters. The maximum atomic E-state index is 14.4. The number of rotatable bonds is 3. The summed E-state index contributed by atoms with van der Waals surface area (Å²) in [5.74, 6) is -0.608. The summed E-state index contributed by atoms with van der Waals surface area (Å²) in [6.07, 6.45) is 0. The first kappa shape index (κ1) is 19.3. The van der Waals surface area contributed by atoms with Crippen LogP contribution in [0.15, 0.2) is 69.6 Å². The highest BCUT2D eigenvalue weighted by Gasteiger charge is 2.18. The van der Waals surface area contributed by atoms with Crippen LogP contribution in [0, 0.1) is 5.82 Å². The van der Waals surface area contributed by atoms with Gasteiger partial charge in [0.2, 0.25) is 0 Å². The lowest BCUT2D eigenvalue weighted by atomic mass is 9.87. The van der Waals surface area contributed by atoms with E-state index >= 15 is 0 Å². The molecule has 0 aliphatic carbocycles. The average molecular weight is 408 g/mol. The minimum Gasteiger partial charge on any atom is -0.288 e. The van der Waals surface area contributed by atoms with E-state index < -0.39 is 17.1 Å². The molecule has 0 saturated carbocycles. The second-order valence-corrected chi connectivity index (χ2v) is 8.96. The van der Waals surface area contributed by atoms with Crippen LogP contribution in [0.4, 0.5) is 4.39 Å². The number of halogens is 1. The van der Waals surface area contributed by atoms with E-state index in [0.717, 1.165) is 10.1 Å². The summed E-state index contributed by atoms with van der Waals surface area (Å²) in [6, 6.07) is 15.7. The van der Waals surface area contributed by atoms with Crippen LogP contribution in [-0.2, 0) is 12.0 Å². The van der Waals surface area contributed by atoms with Gasteiger partial charge in [-0.05, 0) is 40.1 Å². The van der Waals surface area contributed by atoms with Crippen LogP contribution >= 0.6 is 11.3 Å².